The van der Waals surface area contributed by atoms with E-state index >= 15 is 0 Å². The third kappa shape index (κ3) is 2.83. The van der Waals surface area contributed by atoms with Crippen molar-refractivity contribution in [1.29, 1.82) is 0 Å². The van der Waals surface area contributed by atoms with Crippen molar-refractivity contribution >= 4 is 45.5 Å². The van der Waals surface area contributed by atoms with E-state index in [1.165, 1.54) is 24.3 Å². The maximum absolute atomic E-state index is 11.9. The highest BCUT2D eigenvalue weighted by molar-refractivity contribution is 7.87. The van der Waals surface area contributed by atoms with E-state index in [1.807, 2.05) is 0 Å². The summed E-state index contributed by atoms with van der Waals surface area (Å²) >= 11 is 0. The molecule has 2 heterocycles. The Labute approximate surface area is 146 Å². The van der Waals surface area contributed by atoms with Crippen LogP contribution in [0, 0.1) is 0 Å². The Morgan fingerprint density at radius 3 is 2.23 bits per heavy atom. The fraction of sp³-hybridized carbons (Fsp3) is 0.0667. The van der Waals surface area contributed by atoms with E-state index in [4.69, 9.17) is 0 Å². The fourth-order valence-corrected chi connectivity index (χ4v) is 3.44. The van der Waals surface area contributed by atoms with Gasteiger partial charge in [-0.05, 0) is 23.8 Å². The molecule has 2 aliphatic heterocycles. The highest BCUT2D eigenvalue weighted by Gasteiger charge is 2.50. The van der Waals surface area contributed by atoms with Crippen LogP contribution in [0.5, 0.6) is 0 Å². The first-order valence-electron chi connectivity index (χ1n) is 7.02. The molecule has 134 valence electrons. The molecule has 26 heavy (non-hydrogen) atoms. The number of imide groups is 2. The summed E-state index contributed by atoms with van der Waals surface area (Å²) in [6.07, 6.45) is 3.12. The van der Waals surface area contributed by atoms with Gasteiger partial charge in [0, 0.05) is 12.2 Å². The number of hydrogen-bond acceptors (Lipinski definition) is 7. The first-order chi connectivity index (χ1) is 12.1. The Kier molecular flexibility index (Phi) is 4.06. The van der Waals surface area contributed by atoms with Crippen LogP contribution in [-0.4, -0.2) is 52.1 Å². The first kappa shape index (κ1) is 17.7. The summed E-state index contributed by atoms with van der Waals surface area (Å²) in [6.45, 7) is 0. The van der Waals surface area contributed by atoms with Gasteiger partial charge in [-0.25, -0.2) is 4.90 Å². The molecule has 3 rings (SSSR count). The zero-order chi connectivity index (χ0) is 19.2. The van der Waals surface area contributed by atoms with E-state index in [0.29, 0.717) is 0 Å². The van der Waals surface area contributed by atoms with Gasteiger partial charge in [-0.15, -0.1) is 0 Å². The van der Waals surface area contributed by atoms with E-state index in [1.54, 1.807) is 0 Å². The minimum absolute atomic E-state index is 0.153. The molecule has 4 amide bonds. The number of anilines is 1. The molecular formula is C15H10N2O8S. The molecule has 1 aromatic rings. The largest absolute Gasteiger partial charge is 0.285 e. The van der Waals surface area contributed by atoms with E-state index in [-0.39, 0.29) is 11.3 Å². The molecule has 0 saturated carbocycles. The average molecular weight is 378 g/mol. The standard InChI is InChI=1S/C15H10N2O8S/c18-11-4-5-12(19)16(11)9-3-1-2-8(6-9)7-10-13(26(23,24)25)15(21)17(22)14(10)20/h1-7,13,22H,(H,23,24,25). The molecule has 1 fully saturated rings. The lowest BCUT2D eigenvalue weighted by molar-refractivity contribution is -0.170. The number of rotatable bonds is 3. The molecule has 1 saturated heterocycles. The van der Waals surface area contributed by atoms with Crippen LogP contribution in [0.1, 0.15) is 5.56 Å². The molecule has 0 bridgehead atoms. The summed E-state index contributed by atoms with van der Waals surface area (Å²) in [5.74, 6) is -3.97. The molecule has 1 unspecified atom stereocenters. The second-order valence-electron chi connectivity index (χ2n) is 5.39. The summed E-state index contributed by atoms with van der Waals surface area (Å²) in [5.41, 5.74) is -0.357. The van der Waals surface area contributed by atoms with Crippen molar-refractivity contribution in [3.63, 3.8) is 0 Å². The van der Waals surface area contributed by atoms with Gasteiger partial charge in [0.15, 0.2) is 5.25 Å². The Hall–Kier alpha value is -3.15. The van der Waals surface area contributed by atoms with Crippen molar-refractivity contribution in [2.75, 3.05) is 4.90 Å². The van der Waals surface area contributed by atoms with Crippen molar-refractivity contribution < 1.29 is 37.4 Å². The van der Waals surface area contributed by atoms with E-state index in [9.17, 15) is 37.4 Å². The molecule has 0 aromatic heterocycles. The Morgan fingerprint density at radius 2 is 1.65 bits per heavy atom. The monoisotopic (exact) mass is 378 g/mol. The van der Waals surface area contributed by atoms with Crippen LogP contribution in [0.15, 0.2) is 42.0 Å². The summed E-state index contributed by atoms with van der Waals surface area (Å²) in [7, 11) is -5.00. The van der Waals surface area contributed by atoms with E-state index < -0.39 is 49.6 Å². The number of benzene rings is 1. The maximum Gasteiger partial charge on any atom is 0.282 e. The third-order valence-electron chi connectivity index (χ3n) is 3.71. The zero-order valence-corrected chi connectivity index (χ0v) is 13.6. The Bertz CT molecular complexity index is 1010. The fourth-order valence-electron chi connectivity index (χ4n) is 2.59. The SMILES string of the molecule is O=C1C(=Cc2cccc(N3C(=O)C=CC3=O)c2)C(S(=O)(=O)O)C(=O)N1O. The van der Waals surface area contributed by atoms with Crippen molar-refractivity contribution in [2.45, 2.75) is 5.25 Å². The first-order valence-corrected chi connectivity index (χ1v) is 8.53. The summed E-state index contributed by atoms with van der Waals surface area (Å²) in [6, 6.07) is 5.58. The number of carbonyl (C=O) groups excluding carboxylic acids is 4. The highest BCUT2D eigenvalue weighted by atomic mass is 32.2. The lowest BCUT2D eigenvalue weighted by Gasteiger charge is -2.14. The van der Waals surface area contributed by atoms with Crippen LogP contribution in [0.2, 0.25) is 0 Å². The number of hydrogen-bond donors (Lipinski definition) is 2. The second-order valence-corrected chi connectivity index (χ2v) is 6.89. The lowest BCUT2D eigenvalue weighted by atomic mass is 10.1. The van der Waals surface area contributed by atoms with Gasteiger partial charge in [0.2, 0.25) is 0 Å². The average Bonchev–Trinajstić information content (AvgIpc) is 2.99. The smallest absolute Gasteiger partial charge is 0.282 e. The molecule has 0 spiro atoms. The zero-order valence-electron chi connectivity index (χ0n) is 12.8. The van der Waals surface area contributed by atoms with Crippen LogP contribution in [0.25, 0.3) is 6.08 Å². The number of nitrogens with zero attached hydrogens (tertiary/aromatic N) is 2. The van der Waals surface area contributed by atoms with Crippen molar-refractivity contribution in [3.8, 4) is 0 Å². The van der Waals surface area contributed by atoms with Crippen molar-refractivity contribution in [2.24, 2.45) is 0 Å². The normalized spacial score (nSPS) is 22.2. The summed E-state index contributed by atoms with van der Waals surface area (Å²) in [5, 5.41) is 6.70. The van der Waals surface area contributed by atoms with Gasteiger partial charge in [0.1, 0.15) is 0 Å². The van der Waals surface area contributed by atoms with Gasteiger partial charge in [0.25, 0.3) is 33.7 Å². The van der Waals surface area contributed by atoms with Gasteiger partial charge < -0.3 is 0 Å². The van der Waals surface area contributed by atoms with Gasteiger partial charge in [-0.1, -0.05) is 12.1 Å². The molecule has 0 aliphatic carbocycles. The number of carbonyl (C=O) groups is 4. The number of amides is 4. The van der Waals surface area contributed by atoms with E-state index in [2.05, 4.69) is 0 Å². The van der Waals surface area contributed by atoms with Crippen LogP contribution >= 0.6 is 0 Å². The molecular weight excluding hydrogens is 368 g/mol. The molecule has 1 atom stereocenters. The van der Waals surface area contributed by atoms with Gasteiger partial charge in [-0.2, -0.15) is 13.5 Å². The second kappa shape index (κ2) is 5.98. The van der Waals surface area contributed by atoms with Gasteiger partial charge in [0.05, 0.1) is 11.3 Å². The van der Waals surface area contributed by atoms with Crippen LogP contribution in [0.3, 0.4) is 0 Å². The molecule has 0 radical (unpaired) electrons. The van der Waals surface area contributed by atoms with Crippen LogP contribution in [-0.2, 0) is 29.3 Å². The maximum atomic E-state index is 11.9. The van der Waals surface area contributed by atoms with Crippen molar-refractivity contribution in [3.05, 3.63) is 47.6 Å². The van der Waals surface area contributed by atoms with Gasteiger partial charge >= 0.3 is 0 Å². The lowest BCUT2D eigenvalue weighted by Crippen LogP contribution is -2.32. The van der Waals surface area contributed by atoms with Crippen LogP contribution < -0.4 is 4.90 Å². The minimum atomic E-state index is -5.00. The minimum Gasteiger partial charge on any atom is -0.285 e. The van der Waals surface area contributed by atoms with Crippen molar-refractivity contribution in [1.82, 2.24) is 5.06 Å². The molecule has 10 nitrogen and oxygen atoms in total. The molecule has 2 aliphatic rings. The Morgan fingerprint density at radius 1 is 1.04 bits per heavy atom. The molecule has 2 N–H and O–H groups in total. The molecule has 11 heteroatoms. The topological polar surface area (TPSA) is 149 Å². The van der Waals surface area contributed by atoms with E-state index in [0.717, 1.165) is 23.1 Å². The highest BCUT2D eigenvalue weighted by Crippen LogP contribution is 2.27. The Balaban J connectivity index is 2.06. The van der Waals surface area contributed by atoms with Gasteiger partial charge in [-0.3, -0.25) is 28.9 Å². The number of hydroxylamine groups is 2. The quantitative estimate of drug-likeness (QED) is 0.310. The third-order valence-corrected chi connectivity index (χ3v) is 4.76. The summed E-state index contributed by atoms with van der Waals surface area (Å²) in [4.78, 5) is 47.9. The predicted molar refractivity (Wildman–Crippen MR) is 85.0 cm³/mol. The van der Waals surface area contributed by atoms with Crippen LogP contribution in [0.4, 0.5) is 5.69 Å². The molecule has 1 aromatic carbocycles. The predicted octanol–water partition coefficient (Wildman–Crippen LogP) is -0.486. The summed E-state index contributed by atoms with van der Waals surface area (Å²) < 4.78 is 32.0.